The largest absolute Gasteiger partial charge is 0.340 e. The molecule has 0 bridgehead atoms. The molecule has 1 aliphatic rings. The van der Waals surface area contributed by atoms with E-state index in [1.807, 2.05) is 0 Å². The molecule has 1 aliphatic heterocycles. The zero-order valence-corrected chi connectivity index (χ0v) is 17.8. The van der Waals surface area contributed by atoms with E-state index in [1.54, 1.807) is 0 Å². The van der Waals surface area contributed by atoms with Crippen molar-refractivity contribution in [3.05, 3.63) is 84.4 Å². The molecule has 4 aromatic rings. The van der Waals surface area contributed by atoms with Gasteiger partial charge in [-0.3, -0.25) is 0 Å². The molecule has 0 atom stereocenters. The lowest BCUT2D eigenvalue weighted by Crippen LogP contribution is -2.33. The Morgan fingerprint density at radius 3 is 1.83 bits per heavy atom. The van der Waals surface area contributed by atoms with Gasteiger partial charge >= 0.3 is 0 Å². The number of likely N-dealkylation sites (tertiary alicyclic amines) is 1. The lowest BCUT2D eigenvalue weighted by atomic mass is 9.89. The van der Waals surface area contributed by atoms with Crippen LogP contribution in [-0.2, 0) is 6.54 Å². The number of fused-ring (bicyclic) bond motifs is 3. The molecular formula is C28H32N2. The van der Waals surface area contributed by atoms with E-state index < -0.39 is 0 Å². The maximum atomic E-state index is 2.68. The Hall–Kier alpha value is -2.58. The number of piperidine rings is 1. The molecule has 0 N–H and O–H groups in total. The molecule has 0 aliphatic carbocycles. The molecule has 2 heterocycles. The molecule has 1 fully saturated rings. The Kier molecular flexibility index (Phi) is 5.85. The maximum absolute atomic E-state index is 2.68. The van der Waals surface area contributed by atoms with Gasteiger partial charge < -0.3 is 9.47 Å². The van der Waals surface area contributed by atoms with Crippen LogP contribution in [0.25, 0.3) is 21.8 Å². The Bertz CT molecular complexity index is 1030. The predicted octanol–water partition coefficient (Wildman–Crippen LogP) is 6.84. The van der Waals surface area contributed by atoms with E-state index in [2.05, 4.69) is 88.3 Å². The van der Waals surface area contributed by atoms with Gasteiger partial charge in [0.2, 0.25) is 0 Å². The predicted molar refractivity (Wildman–Crippen MR) is 128 cm³/mol. The number of hydrogen-bond acceptors (Lipinski definition) is 1. The monoisotopic (exact) mass is 396 g/mol. The first-order valence-electron chi connectivity index (χ1n) is 11.6. The van der Waals surface area contributed by atoms with Crippen LogP contribution in [0.15, 0.2) is 78.9 Å². The SMILES string of the molecule is c1ccc(C2CCN(CCCCCn3c4ccccc4c4ccccc43)CC2)cc1. The third-order valence-electron chi connectivity index (χ3n) is 6.89. The number of hydrogen-bond donors (Lipinski definition) is 0. The Morgan fingerprint density at radius 1 is 0.600 bits per heavy atom. The van der Waals surface area contributed by atoms with Crippen molar-refractivity contribution >= 4 is 21.8 Å². The van der Waals surface area contributed by atoms with Crippen molar-refractivity contribution in [1.82, 2.24) is 9.47 Å². The zero-order chi connectivity index (χ0) is 20.2. The molecule has 5 rings (SSSR count). The van der Waals surface area contributed by atoms with Crippen molar-refractivity contribution in [3.8, 4) is 0 Å². The summed E-state index contributed by atoms with van der Waals surface area (Å²) in [5, 5.41) is 2.77. The lowest BCUT2D eigenvalue weighted by molar-refractivity contribution is 0.208. The van der Waals surface area contributed by atoms with Crippen LogP contribution in [0.5, 0.6) is 0 Å². The van der Waals surface area contributed by atoms with Gasteiger partial charge in [-0.2, -0.15) is 0 Å². The van der Waals surface area contributed by atoms with Crippen LogP contribution in [-0.4, -0.2) is 29.1 Å². The molecule has 0 spiro atoms. The molecule has 0 radical (unpaired) electrons. The molecule has 2 heteroatoms. The number of benzene rings is 3. The standard InChI is InChI=1S/C28H32N2/c1-3-11-23(12-4-1)24-17-21-29(22-18-24)19-9-2-10-20-30-27-15-7-5-13-25(27)26-14-6-8-16-28(26)30/h1,3-8,11-16,24H,2,9-10,17-22H2. The molecule has 30 heavy (non-hydrogen) atoms. The summed E-state index contributed by atoms with van der Waals surface area (Å²) >= 11 is 0. The third-order valence-corrected chi connectivity index (χ3v) is 6.89. The van der Waals surface area contributed by atoms with Crippen LogP contribution in [0.4, 0.5) is 0 Å². The van der Waals surface area contributed by atoms with E-state index in [0.29, 0.717) is 0 Å². The van der Waals surface area contributed by atoms with E-state index >= 15 is 0 Å². The minimum atomic E-state index is 0.762. The van der Waals surface area contributed by atoms with Crippen molar-refractivity contribution in [2.24, 2.45) is 0 Å². The van der Waals surface area contributed by atoms with Gasteiger partial charge in [-0.15, -0.1) is 0 Å². The fourth-order valence-electron chi connectivity index (χ4n) is 5.24. The van der Waals surface area contributed by atoms with Gasteiger partial charge in [-0.1, -0.05) is 73.2 Å². The summed E-state index contributed by atoms with van der Waals surface area (Å²) in [4.78, 5) is 2.68. The van der Waals surface area contributed by atoms with Gasteiger partial charge in [0.05, 0.1) is 0 Å². The highest BCUT2D eigenvalue weighted by Crippen LogP contribution is 2.30. The highest BCUT2D eigenvalue weighted by molar-refractivity contribution is 6.07. The molecule has 2 nitrogen and oxygen atoms in total. The first-order chi connectivity index (χ1) is 14.9. The summed E-state index contributed by atoms with van der Waals surface area (Å²) < 4.78 is 2.52. The average molecular weight is 397 g/mol. The highest BCUT2D eigenvalue weighted by Gasteiger charge is 2.19. The first kappa shape index (κ1) is 19.4. The van der Waals surface area contributed by atoms with E-state index in [9.17, 15) is 0 Å². The van der Waals surface area contributed by atoms with Gasteiger partial charge in [-0.05, 0) is 68.9 Å². The second-order valence-corrected chi connectivity index (χ2v) is 8.77. The normalized spacial score (nSPS) is 15.9. The van der Waals surface area contributed by atoms with Crippen LogP contribution in [0, 0.1) is 0 Å². The Labute approximate surface area is 180 Å². The topological polar surface area (TPSA) is 8.17 Å². The van der Waals surface area contributed by atoms with Gasteiger partial charge in [0.1, 0.15) is 0 Å². The third kappa shape index (κ3) is 4.02. The van der Waals surface area contributed by atoms with E-state index in [-0.39, 0.29) is 0 Å². The Balaban J connectivity index is 1.11. The maximum Gasteiger partial charge on any atom is 0.0491 e. The van der Waals surface area contributed by atoms with Crippen LogP contribution >= 0.6 is 0 Å². The molecule has 1 saturated heterocycles. The number of unbranched alkanes of at least 4 members (excludes halogenated alkanes) is 2. The smallest absolute Gasteiger partial charge is 0.0491 e. The molecule has 0 unspecified atom stereocenters. The summed E-state index contributed by atoms with van der Waals surface area (Å²) in [7, 11) is 0. The molecule has 0 amide bonds. The quantitative estimate of drug-likeness (QED) is 0.310. The van der Waals surface area contributed by atoms with Gasteiger partial charge in [0.15, 0.2) is 0 Å². The molecule has 0 saturated carbocycles. The number of rotatable bonds is 7. The van der Waals surface area contributed by atoms with Crippen LogP contribution in [0.1, 0.15) is 43.6 Å². The molecule has 154 valence electrons. The van der Waals surface area contributed by atoms with Crippen molar-refractivity contribution in [2.45, 2.75) is 44.6 Å². The van der Waals surface area contributed by atoms with Crippen LogP contribution in [0.2, 0.25) is 0 Å². The van der Waals surface area contributed by atoms with Crippen LogP contribution < -0.4 is 0 Å². The summed E-state index contributed by atoms with van der Waals surface area (Å²) in [6.45, 7) is 4.89. The van der Waals surface area contributed by atoms with Gasteiger partial charge in [0, 0.05) is 28.4 Å². The Morgan fingerprint density at radius 2 is 1.17 bits per heavy atom. The minimum absolute atomic E-state index is 0.762. The molecule has 3 aromatic carbocycles. The second kappa shape index (κ2) is 9.06. The second-order valence-electron chi connectivity index (χ2n) is 8.77. The van der Waals surface area contributed by atoms with Crippen molar-refractivity contribution in [2.75, 3.05) is 19.6 Å². The van der Waals surface area contributed by atoms with E-state index in [0.717, 1.165) is 12.5 Å². The van der Waals surface area contributed by atoms with Crippen molar-refractivity contribution in [3.63, 3.8) is 0 Å². The van der Waals surface area contributed by atoms with Crippen molar-refractivity contribution < 1.29 is 0 Å². The number of nitrogens with zero attached hydrogens (tertiary/aromatic N) is 2. The fraction of sp³-hybridized carbons (Fsp3) is 0.357. The average Bonchev–Trinajstić information content (AvgIpc) is 3.14. The molecule has 1 aromatic heterocycles. The number of para-hydroxylation sites is 2. The molecular weight excluding hydrogens is 364 g/mol. The van der Waals surface area contributed by atoms with E-state index in [1.165, 1.54) is 79.1 Å². The first-order valence-corrected chi connectivity index (χ1v) is 11.6. The fourth-order valence-corrected chi connectivity index (χ4v) is 5.24. The van der Waals surface area contributed by atoms with Crippen LogP contribution in [0.3, 0.4) is 0 Å². The van der Waals surface area contributed by atoms with Gasteiger partial charge in [-0.25, -0.2) is 0 Å². The van der Waals surface area contributed by atoms with Crippen molar-refractivity contribution in [1.29, 1.82) is 0 Å². The zero-order valence-electron chi connectivity index (χ0n) is 17.8. The minimum Gasteiger partial charge on any atom is -0.340 e. The number of aromatic nitrogens is 1. The summed E-state index contributed by atoms with van der Waals surface area (Å²) in [5.41, 5.74) is 4.28. The van der Waals surface area contributed by atoms with E-state index in [4.69, 9.17) is 0 Å². The lowest BCUT2D eigenvalue weighted by Gasteiger charge is -2.32. The summed E-state index contributed by atoms with van der Waals surface area (Å²) in [5.74, 6) is 0.762. The summed E-state index contributed by atoms with van der Waals surface area (Å²) in [6.07, 6.45) is 6.49. The van der Waals surface area contributed by atoms with Gasteiger partial charge in [0.25, 0.3) is 0 Å². The highest BCUT2D eigenvalue weighted by atomic mass is 15.1. The summed E-state index contributed by atoms with van der Waals surface area (Å²) in [6, 6.07) is 28.8. The number of aryl methyl sites for hydroxylation is 1.